The van der Waals surface area contributed by atoms with Crippen molar-refractivity contribution in [2.75, 3.05) is 38.2 Å². The predicted octanol–water partition coefficient (Wildman–Crippen LogP) is 4.18. The third-order valence-corrected chi connectivity index (χ3v) is 8.34. The SMILES string of the molecule is CC(=O)[C@@H]1[C@H](N(C)c2nc(OC[C@@]34CCCN3C[C@H](F)C4)nc3c(F)c(Cl)ncc23)CCN1C(=O)OC(C)(C)C. The average Bonchev–Trinajstić information content (AvgIpc) is 3.55. The van der Waals surface area contributed by atoms with E-state index in [0.29, 0.717) is 25.9 Å². The Morgan fingerprint density at radius 3 is 2.73 bits per heavy atom. The molecule has 40 heavy (non-hydrogen) atoms. The molecule has 3 aliphatic rings. The van der Waals surface area contributed by atoms with Gasteiger partial charge in [-0.25, -0.2) is 18.6 Å². The summed E-state index contributed by atoms with van der Waals surface area (Å²) in [5.74, 6) is -0.762. The topological polar surface area (TPSA) is 101 Å². The molecule has 1 amide bonds. The molecule has 0 aromatic carbocycles. The maximum Gasteiger partial charge on any atom is 0.410 e. The molecule has 2 aromatic rings. The van der Waals surface area contributed by atoms with E-state index in [-0.39, 0.29) is 40.3 Å². The fourth-order valence-electron chi connectivity index (χ4n) is 6.33. The molecular formula is C27H35ClF2N6O4. The van der Waals surface area contributed by atoms with Crippen LogP contribution in [-0.4, -0.2) is 99.3 Å². The number of ether oxygens (including phenoxy) is 2. The van der Waals surface area contributed by atoms with E-state index in [9.17, 15) is 14.0 Å². The second-order valence-electron chi connectivity index (χ2n) is 12.0. The van der Waals surface area contributed by atoms with Gasteiger partial charge in [-0.3, -0.25) is 14.6 Å². The van der Waals surface area contributed by atoms with Gasteiger partial charge < -0.3 is 14.4 Å². The number of amides is 1. The Kier molecular flexibility index (Phi) is 7.54. The summed E-state index contributed by atoms with van der Waals surface area (Å²) < 4.78 is 41.1. The van der Waals surface area contributed by atoms with Gasteiger partial charge in [0.25, 0.3) is 0 Å². The Bertz CT molecular complexity index is 1330. The number of rotatable bonds is 6. The number of Topliss-reactive ketones (excluding diaryl/α,β-unsaturated/α-hetero) is 1. The number of nitrogens with zero attached hydrogens (tertiary/aromatic N) is 6. The molecule has 0 spiro atoms. The lowest BCUT2D eigenvalue weighted by Gasteiger charge is -2.34. The molecule has 0 unspecified atom stereocenters. The van der Waals surface area contributed by atoms with Crippen LogP contribution in [0.2, 0.25) is 5.15 Å². The Morgan fingerprint density at radius 2 is 2.02 bits per heavy atom. The van der Waals surface area contributed by atoms with Gasteiger partial charge in [0.2, 0.25) is 0 Å². The Balaban J connectivity index is 1.48. The number of hydrogen-bond donors (Lipinski definition) is 0. The largest absolute Gasteiger partial charge is 0.461 e. The fraction of sp³-hybridized carbons (Fsp3) is 0.667. The van der Waals surface area contributed by atoms with Crippen molar-refractivity contribution in [3.8, 4) is 6.01 Å². The zero-order valence-corrected chi connectivity index (χ0v) is 24.2. The van der Waals surface area contributed by atoms with Crippen molar-refractivity contribution in [2.24, 2.45) is 0 Å². The lowest BCUT2D eigenvalue weighted by atomic mass is 9.95. The number of carbonyl (C=O) groups is 2. The van der Waals surface area contributed by atoms with E-state index in [0.717, 1.165) is 19.4 Å². The Morgan fingerprint density at radius 1 is 1.27 bits per heavy atom. The minimum atomic E-state index is -0.927. The van der Waals surface area contributed by atoms with E-state index in [2.05, 4.69) is 19.9 Å². The molecule has 0 bridgehead atoms. The molecule has 4 atom stereocenters. The molecular weight excluding hydrogens is 546 g/mol. The summed E-state index contributed by atoms with van der Waals surface area (Å²) in [5, 5.41) is -0.0685. The third-order valence-electron chi connectivity index (χ3n) is 8.07. The zero-order valence-electron chi connectivity index (χ0n) is 23.4. The highest BCUT2D eigenvalue weighted by atomic mass is 35.5. The second kappa shape index (κ2) is 10.5. The highest BCUT2D eigenvalue weighted by Gasteiger charge is 2.49. The number of hydrogen-bond acceptors (Lipinski definition) is 9. The number of aromatic nitrogens is 3. The van der Waals surface area contributed by atoms with Gasteiger partial charge in [0.1, 0.15) is 35.8 Å². The molecule has 0 N–H and O–H groups in total. The van der Waals surface area contributed by atoms with Gasteiger partial charge in [0.05, 0.1) is 17.0 Å². The summed E-state index contributed by atoms with van der Waals surface area (Å²) >= 11 is 5.99. The van der Waals surface area contributed by atoms with E-state index in [1.165, 1.54) is 18.0 Å². The summed E-state index contributed by atoms with van der Waals surface area (Å²) in [6.07, 6.45) is 2.41. The van der Waals surface area contributed by atoms with E-state index in [4.69, 9.17) is 21.1 Å². The molecule has 3 fully saturated rings. The quantitative estimate of drug-likeness (QED) is 0.466. The van der Waals surface area contributed by atoms with Gasteiger partial charge in [-0.05, 0) is 53.5 Å². The van der Waals surface area contributed by atoms with E-state index in [1.54, 1.807) is 32.7 Å². The van der Waals surface area contributed by atoms with Crippen molar-refractivity contribution in [1.82, 2.24) is 24.8 Å². The summed E-state index contributed by atoms with van der Waals surface area (Å²) in [6, 6.07) is -1.38. The number of pyridine rings is 1. The maximum absolute atomic E-state index is 15.2. The minimum absolute atomic E-state index is 0.0798. The van der Waals surface area contributed by atoms with Crippen LogP contribution in [0.5, 0.6) is 6.01 Å². The van der Waals surface area contributed by atoms with Crippen LogP contribution < -0.4 is 9.64 Å². The van der Waals surface area contributed by atoms with Crippen LogP contribution in [0.15, 0.2) is 6.20 Å². The van der Waals surface area contributed by atoms with Crippen LogP contribution >= 0.6 is 11.6 Å². The first kappa shape index (κ1) is 28.7. The van der Waals surface area contributed by atoms with Crippen LogP contribution in [0.3, 0.4) is 0 Å². The summed E-state index contributed by atoms with van der Waals surface area (Å²) in [4.78, 5) is 43.9. The van der Waals surface area contributed by atoms with Crippen molar-refractivity contribution in [3.05, 3.63) is 17.2 Å². The molecule has 10 nitrogen and oxygen atoms in total. The Hall–Kier alpha value is -2.86. The number of carbonyl (C=O) groups excluding carboxylic acids is 2. The monoisotopic (exact) mass is 580 g/mol. The van der Waals surface area contributed by atoms with Crippen molar-refractivity contribution < 1.29 is 27.8 Å². The highest BCUT2D eigenvalue weighted by molar-refractivity contribution is 6.30. The van der Waals surface area contributed by atoms with Crippen LogP contribution in [0, 0.1) is 5.82 Å². The zero-order chi connectivity index (χ0) is 29.0. The smallest absolute Gasteiger partial charge is 0.410 e. The normalized spacial score (nSPS) is 26.8. The number of halogens is 3. The van der Waals surface area contributed by atoms with Crippen molar-refractivity contribution >= 4 is 40.2 Å². The minimum Gasteiger partial charge on any atom is -0.461 e. The van der Waals surface area contributed by atoms with Gasteiger partial charge in [-0.2, -0.15) is 9.97 Å². The average molecular weight is 581 g/mol. The molecule has 3 saturated heterocycles. The van der Waals surface area contributed by atoms with Crippen LogP contribution in [0.25, 0.3) is 10.9 Å². The number of likely N-dealkylation sites (N-methyl/N-ethyl adjacent to an activating group) is 1. The van der Waals surface area contributed by atoms with E-state index >= 15 is 4.39 Å². The van der Waals surface area contributed by atoms with Crippen molar-refractivity contribution in [1.29, 1.82) is 0 Å². The summed E-state index contributed by atoms with van der Waals surface area (Å²) in [5.41, 5.74) is -1.25. The number of ketones is 1. The van der Waals surface area contributed by atoms with E-state index in [1.807, 2.05) is 0 Å². The van der Waals surface area contributed by atoms with Crippen LogP contribution in [0.4, 0.5) is 19.4 Å². The molecule has 5 rings (SSSR count). The van der Waals surface area contributed by atoms with Crippen molar-refractivity contribution in [2.45, 2.75) is 82.8 Å². The van der Waals surface area contributed by atoms with Gasteiger partial charge in [-0.15, -0.1) is 0 Å². The lowest BCUT2D eigenvalue weighted by Crippen LogP contribution is -2.50. The first-order valence-corrected chi connectivity index (χ1v) is 13.9. The number of fused-ring (bicyclic) bond motifs is 2. The molecule has 0 saturated carbocycles. The highest BCUT2D eigenvalue weighted by Crippen LogP contribution is 2.41. The van der Waals surface area contributed by atoms with Gasteiger partial charge in [-0.1, -0.05) is 11.6 Å². The number of anilines is 1. The van der Waals surface area contributed by atoms with Gasteiger partial charge in [0, 0.05) is 32.8 Å². The first-order valence-electron chi connectivity index (χ1n) is 13.6. The number of likely N-dealkylation sites (tertiary alicyclic amines) is 1. The standard InChI is InChI=1S/C27H35ClF2N6O4/c1-15(37)21-18(7-10-36(21)25(38)40-26(2,3)4)34(5)23-17-12-31-22(28)19(30)20(17)32-24(33-23)39-14-27-8-6-9-35(27)13-16(29)11-27/h12,16,18,21H,6-11,13-14H2,1-5H3/t16-,18-,21-,27+/m1/s1. The second-order valence-corrected chi connectivity index (χ2v) is 12.4. The van der Waals surface area contributed by atoms with Crippen LogP contribution in [0.1, 0.15) is 53.4 Å². The third kappa shape index (κ3) is 5.27. The molecule has 0 aliphatic carbocycles. The maximum atomic E-state index is 15.2. The summed E-state index contributed by atoms with van der Waals surface area (Å²) in [6.45, 7) is 8.34. The van der Waals surface area contributed by atoms with E-state index < -0.39 is 41.3 Å². The molecule has 218 valence electrons. The van der Waals surface area contributed by atoms with Gasteiger partial charge in [0.15, 0.2) is 16.8 Å². The summed E-state index contributed by atoms with van der Waals surface area (Å²) in [7, 11) is 1.72. The first-order chi connectivity index (χ1) is 18.8. The Labute approximate surface area is 237 Å². The molecule has 2 aromatic heterocycles. The molecule has 13 heteroatoms. The predicted molar refractivity (Wildman–Crippen MR) is 145 cm³/mol. The molecule has 0 radical (unpaired) electrons. The van der Waals surface area contributed by atoms with Crippen molar-refractivity contribution in [3.63, 3.8) is 0 Å². The number of alkyl halides is 1. The fourth-order valence-corrected chi connectivity index (χ4v) is 6.47. The van der Waals surface area contributed by atoms with Crippen LogP contribution in [-0.2, 0) is 9.53 Å². The molecule has 3 aliphatic heterocycles. The molecule has 5 heterocycles. The lowest BCUT2D eigenvalue weighted by molar-refractivity contribution is -0.121. The van der Waals surface area contributed by atoms with Gasteiger partial charge >= 0.3 is 12.1 Å².